The summed E-state index contributed by atoms with van der Waals surface area (Å²) in [4.78, 5) is 12.4. The average molecular weight is 306 g/mol. The maximum atomic E-state index is 11.2. The average Bonchev–Trinajstić information content (AvgIpc) is 2.65. The summed E-state index contributed by atoms with van der Waals surface area (Å²) in [5, 5.41) is 5.08. The van der Waals surface area contributed by atoms with Gasteiger partial charge in [-0.25, -0.2) is 0 Å². The maximum absolute atomic E-state index is 11.2. The van der Waals surface area contributed by atoms with Gasteiger partial charge in [0.2, 0.25) is 0 Å². The van der Waals surface area contributed by atoms with E-state index in [1.807, 2.05) is 11.4 Å². The molecule has 0 spiro atoms. The quantitative estimate of drug-likeness (QED) is 0.622. The molecule has 1 aromatic rings. The Kier molecular flexibility index (Phi) is 6.68. The van der Waals surface area contributed by atoms with E-state index in [9.17, 15) is 4.79 Å². The molecule has 0 bridgehead atoms. The van der Waals surface area contributed by atoms with Crippen molar-refractivity contribution in [1.82, 2.24) is 5.32 Å². The van der Waals surface area contributed by atoms with E-state index < -0.39 is 0 Å². The smallest absolute Gasteiger partial charge is 0.319 e. The minimum atomic E-state index is -0.180. The van der Waals surface area contributed by atoms with Gasteiger partial charge in [-0.3, -0.25) is 4.79 Å². The molecule has 0 atom stereocenters. The number of esters is 1. The third-order valence-electron chi connectivity index (χ3n) is 2.01. The van der Waals surface area contributed by atoms with Gasteiger partial charge in [0.05, 0.1) is 13.2 Å². The van der Waals surface area contributed by atoms with Crippen LogP contribution in [0.3, 0.4) is 0 Å². The molecule has 1 N–H and O–H groups in total. The molecule has 16 heavy (non-hydrogen) atoms. The van der Waals surface area contributed by atoms with Crippen LogP contribution < -0.4 is 5.32 Å². The molecule has 0 unspecified atom stereocenters. The van der Waals surface area contributed by atoms with Gasteiger partial charge < -0.3 is 10.1 Å². The molecule has 1 rings (SSSR count). The number of nitrogens with one attached hydrogen (secondary N) is 1. The van der Waals surface area contributed by atoms with Crippen molar-refractivity contribution in [3.8, 4) is 0 Å². The normalized spacial score (nSPS) is 10.4. The lowest BCUT2D eigenvalue weighted by Gasteiger charge is -2.05. The molecule has 0 amide bonds. The minimum absolute atomic E-state index is 0.180. The molecule has 0 aliphatic heterocycles. The molecule has 0 radical (unpaired) electrons. The molecule has 1 heterocycles. The predicted octanol–water partition coefficient (Wildman–Crippen LogP) is 2.94. The van der Waals surface area contributed by atoms with E-state index in [1.165, 1.54) is 4.88 Å². The van der Waals surface area contributed by atoms with Crippen molar-refractivity contribution in [3.05, 3.63) is 20.8 Å². The molecule has 0 saturated heterocycles. The van der Waals surface area contributed by atoms with Gasteiger partial charge in [0.25, 0.3) is 0 Å². The van der Waals surface area contributed by atoms with Crippen LogP contribution in [0.4, 0.5) is 0 Å². The number of hydrogen-bond acceptors (Lipinski definition) is 4. The monoisotopic (exact) mass is 305 g/mol. The number of ether oxygens (including phenoxy) is 1. The van der Waals surface area contributed by atoms with Crippen LogP contribution in [-0.2, 0) is 16.1 Å². The first kappa shape index (κ1) is 13.7. The van der Waals surface area contributed by atoms with Crippen LogP contribution >= 0.6 is 27.3 Å². The highest BCUT2D eigenvalue weighted by molar-refractivity contribution is 9.10. The molecule has 1 aromatic heterocycles. The highest BCUT2D eigenvalue weighted by Gasteiger charge is 2.04. The van der Waals surface area contributed by atoms with Gasteiger partial charge in [-0.05, 0) is 33.8 Å². The predicted molar refractivity (Wildman–Crippen MR) is 69.6 cm³/mol. The lowest BCUT2D eigenvalue weighted by atomic mass is 10.4. The van der Waals surface area contributed by atoms with Crippen LogP contribution in [0, 0.1) is 0 Å². The Balaban J connectivity index is 2.11. The van der Waals surface area contributed by atoms with E-state index in [-0.39, 0.29) is 12.5 Å². The lowest BCUT2D eigenvalue weighted by Crippen LogP contribution is -2.24. The molecule has 0 fully saturated rings. The third kappa shape index (κ3) is 5.09. The Labute approximate surface area is 108 Å². The molecule has 3 nitrogen and oxygen atoms in total. The molecular formula is C11H16BrNO2S. The van der Waals surface area contributed by atoms with Gasteiger partial charge in [0, 0.05) is 15.9 Å². The van der Waals surface area contributed by atoms with Crippen LogP contribution in [0.25, 0.3) is 0 Å². The third-order valence-corrected chi connectivity index (χ3v) is 3.93. The fourth-order valence-electron chi connectivity index (χ4n) is 1.11. The molecule has 0 saturated carbocycles. The van der Waals surface area contributed by atoms with Crippen molar-refractivity contribution in [3.63, 3.8) is 0 Å². The van der Waals surface area contributed by atoms with E-state index in [4.69, 9.17) is 4.74 Å². The number of carbonyl (C=O) groups is 1. The minimum Gasteiger partial charge on any atom is -0.465 e. The van der Waals surface area contributed by atoms with Crippen LogP contribution in [0.15, 0.2) is 15.9 Å². The van der Waals surface area contributed by atoms with Crippen LogP contribution in [0.1, 0.15) is 24.6 Å². The highest BCUT2D eigenvalue weighted by atomic mass is 79.9. The number of carbonyl (C=O) groups excluding carboxylic acids is 1. The fraction of sp³-hybridized carbons (Fsp3) is 0.545. The zero-order valence-electron chi connectivity index (χ0n) is 9.29. The second kappa shape index (κ2) is 7.81. The van der Waals surface area contributed by atoms with E-state index in [2.05, 4.69) is 28.2 Å². The van der Waals surface area contributed by atoms with Crippen molar-refractivity contribution in [2.45, 2.75) is 26.3 Å². The second-order valence-corrected chi connectivity index (χ2v) is 5.22. The number of halogens is 1. The first-order valence-corrected chi connectivity index (χ1v) is 6.99. The summed E-state index contributed by atoms with van der Waals surface area (Å²) in [7, 11) is 0. The second-order valence-electron chi connectivity index (χ2n) is 3.37. The number of unbranched alkanes of at least 4 members (excludes halogenated alkanes) is 1. The van der Waals surface area contributed by atoms with Gasteiger partial charge in [-0.15, -0.1) is 11.3 Å². The van der Waals surface area contributed by atoms with Gasteiger partial charge >= 0.3 is 5.97 Å². The molecular weight excluding hydrogens is 290 g/mol. The molecule has 5 heteroatoms. The van der Waals surface area contributed by atoms with E-state index in [0.29, 0.717) is 13.2 Å². The zero-order chi connectivity index (χ0) is 11.8. The Morgan fingerprint density at radius 3 is 3.06 bits per heavy atom. The first-order chi connectivity index (χ1) is 7.74. The van der Waals surface area contributed by atoms with Crippen molar-refractivity contribution in [2.75, 3.05) is 13.2 Å². The summed E-state index contributed by atoms with van der Waals surface area (Å²) < 4.78 is 6.11. The SMILES string of the molecule is CCCCOC(=O)CNCc1sccc1Br. The van der Waals surface area contributed by atoms with Crippen LogP contribution in [-0.4, -0.2) is 19.1 Å². The van der Waals surface area contributed by atoms with Gasteiger partial charge in [0.15, 0.2) is 0 Å². The van der Waals surface area contributed by atoms with E-state index in [1.54, 1.807) is 11.3 Å². The largest absolute Gasteiger partial charge is 0.465 e. The van der Waals surface area contributed by atoms with Crippen molar-refractivity contribution >= 4 is 33.2 Å². The van der Waals surface area contributed by atoms with Gasteiger partial charge in [0.1, 0.15) is 0 Å². The topological polar surface area (TPSA) is 38.3 Å². The zero-order valence-corrected chi connectivity index (χ0v) is 11.7. The molecule has 90 valence electrons. The Morgan fingerprint density at radius 2 is 2.44 bits per heavy atom. The standard InChI is InChI=1S/C11H16BrNO2S/c1-2-3-5-15-11(14)8-13-7-10-9(12)4-6-16-10/h4,6,13H,2-3,5,7-8H2,1H3. The Morgan fingerprint density at radius 1 is 1.62 bits per heavy atom. The summed E-state index contributed by atoms with van der Waals surface area (Å²) >= 11 is 5.10. The Hall–Kier alpha value is -0.390. The van der Waals surface area contributed by atoms with Crippen molar-refractivity contribution < 1.29 is 9.53 Å². The maximum Gasteiger partial charge on any atom is 0.319 e. The summed E-state index contributed by atoms with van der Waals surface area (Å²) in [6.45, 7) is 3.56. The van der Waals surface area contributed by atoms with Crippen molar-refractivity contribution in [2.24, 2.45) is 0 Å². The first-order valence-electron chi connectivity index (χ1n) is 5.32. The molecule has 0 aromatic carbocycles. The van der Waals surface area contributed by atoms with Crippen LogP contribution in [0.2, 0.25) is 0 Å². The molecule has 0 aliphatic carbocycles. The summed E-state index contributed by atoms with van der Waals surface area (Å²) in [5.41, 5.74) is 0. The van der Waals surface area contributed by atoms with Gasteiger partial charge in [-0.1, -0.05) is 13.3 Å². The fourth-order valence-corrected chi connectivity index (χ4v) is 2.57. The Bertz CT molecular complexity index is 328. The van der Waals surface area contributed by atoms with Crippen molar-refractivity contribution in [1.29, 1.82) is 0 Å². The number of thiophene rings is 1. The van der Waals surface area contributed by atoms with E-state index in [0.717, 1.165) is 17.3 Å². The number of rotatable bonds is 7. The molecule has 0 aliphatic rings. The highest BCUT2D eigenvalue weighted by Crippen LogP contribution is 2.21. The van der Waals surface area contributed by atoms with E-state index >= 15 is 0 Å². The summed E-state index contributed by atoms with van der Waals surface area (Å²) in [6, 6.07) is 2.00. The number of hydrogen-bond donors (Lipinski definition) is 1. The lowest BCUT2D eigenvalue weighted by molar-refractivity contribution is -0.142. The van der Waals surface area contributed by atoms with Gasteiger partial charge in [-0.2, -0.15) is 0 Å². The summed E-state index contributed by atoms with van der Waals surface area (Å²) in [6.07, 6.45) is 1.98. The van der Waals surface area contributed by atoms with Crippen LogP contribution in [0.5, 0.6) is 0 Å². The summed E-state index contributed by atoms with van der Waals surface area (Å²) in [5.74, 6) is -0.180.